The molecule has 0 aliphatic carbocycles. The fourth-order valence-corrected chi connectivity index (χ4v) is 4.07. The van der Waals surface area contributed by atoms with Gasteiger partial charge in [-0.15, -0.1) is 13.2 Å². The van der Waals surface area contributed by atoms with Crippen LogP contribution in [0.4, 0.5) is 18.0 Å². The van der Waals surface area contributed by atoms with Crippen molar-refractivity contribution in [3.05, 3.63) is 64.1 Å². The third-order valence-electron chi connectivity index (χ3n) is 5.18. The maximum atomic E-state index is 13.2. The van der Waals surface area contributed by atoms with Crippen LogP contribution >= 0.6 is 15.9 Å². The molecule has 0 bridgehead atoms. The highest BCUT2D eigenvalue weighted by atomic mass is 79.9. The van der Waals surface area contributed by atoms with Crippen LogP contribution in [0.3, 0.4) is 0 Å². The topological polar surface area (TPSA) is 72.9 Å². The van der Waals surface area contributed by atoms with Crippen molar-refractivity contribution in [1.29, 1.82) is 0 Å². The number of carbonyl (C=O) groups is 3. The molecule has 1 aliphatic rings. The van der Waals surface area contributed by atoms with E-state index < -0.39 is 41.9 Å². The van der Waals surface area contributed by atoms with Crippen LogP contribution in [0.1, 0.15) is 48.1 Å². The SMILES string of the molecule is CCCCOC(=O)N1C(=O)C(C(=O)c2ccccc2Br)CC1c1ccc(OC(F)(F)F)cc1. The predicted octanol–water partition coefficient (Wildman–Crippen LogP) is 6.06. The van der Waals surface area contributed by atoms with Gasteiger partial charge in [-0.3, -0.25) is 9.59 Å². The number of nitrogens with zero attached hydrogens (tertiary/aromatic N) is 1. The molecule has 1 saturated heterocycles. The van der Waals surface area contributed by atoms with Crippen LogP contribution < -0.4 is 4.74 Å². The Morgan fingerprint density at radius 3 is 2.39 bits per heavy atom. The molecule has 33 heavy (non-hydrogen) atoms. The van der Waals surface area contributed by atoms with Gasteiger partial charge < -0.3 is 9.47 Å². The molecule has 1 fully saturated rings. The average Bonchev–Trinajstić information content (AvgIpc) is 3.10. The molecule has 0 aromatic heterocycles. The van der Waals surface area contributed by atoms with E-state index in [9.17, 15) is 27.6 Å². The molecule has 2 amide bonds. The molecule has 6 nitrogen and oxygen atoms in total. The zero-order valence-corrected chi connectivity index (χ0v) is 19.2. The lowest BCUT2D eigenvalue weighted by Crippen LogP contribution is -2.37. The summed E-state index contributed by atoms with van der Waals surface area (Å²) in [6, 6.07) is 10.6. The Balaban J connectivity index is 1.90. The second-order valence-corrected chi connectivity index (χ2v) is 8.30. The zero-order chi connectivity index (χ0) is 24.2. The van der Waals surface area contributed by atoms with E-state index >= 15 is 0 Å². The Kier molecular flexibility index (Phi) is 7.78. The molecule has 10 heteroatoms. The van der Waals surface area contributed by atoms with Crippen molar-refractivity contribution in [2.75, 3.05) is 6.61 Å². The minimum absolute atomic E-state index is 0.0264. The molecular formula is C23H21BrF3NO5. The van der Waals surface area contributed by atoms with Gasteiger partial charge in [0.15, 0.2) is 5.78 Å². The van der Waals surface area contributed by atoms with Crippen LogP contribution in [0.25, 0.3) is 0 Å². The molecule has 3 rings (SSSR count). The molecule has 2 atom stereocenters. The minimum Gasteiger partial charge on any atom is -0.449 e. The maximum Gasteiger partial charge on any atom is 0.573 e. The molecule has 2 aromatic carbocycles. The number of benzene rings is 2. The molecule has 1 aliphatic heterocycles. The number of halogens is 4. The molecule has 176 valence electrons. The number of likely N-dealkylation sites (tertiary alicyclic amines) is 1. The Labute approximate surface area is 196 Å². The number of hydrogen-bond acceptors (Lipinski definition) is 5. The van der Waals surface area contributed by atoms with Crippen LogP contribution in [0.2, 0.25) is 0 Å². The lowest BCUT2D eigenvalue weighted by atomic mass is 9.92. The van der Waals surface area contributed by atoms with Crippen LogP contribution in [0.5, 0.6) is 5.75 Å². The Morgan fingerprint density at radius 2 is 1.79 bits per heavy atom. The first kappa shape index (κ1) is 24.8. The van der Waals surface area contributed by atoms with Gasteiger partial charge >= 0.3 is 12.5 Å². The van der Waals surface area contributed by atoms with E-state index in [1.807, 2.05) is 6.92 Å². The first-order valence-corrected chi connectivity index (χ1v) is 11.1. The minimum atomic E-state index is -4.85. The molecule has 2 unspecified atom stereocenters. The number of rotatable bonds is 7. The second kappa shape index (κ2) is 10.4. The van der Waals surface area contributed by atoms with Crippen LogP contribution in [-0.2, 0) is 9.53 Å². The summed E-state index contributed by atoms with van der Waals surface area (Å²) in [7, 11) is 0. The van der Waals surface area contributed by atoms with E-state index in [1.165, 1.54) is 12.1 Å². The number of ether oxygens (including phenoxy) is 2. The average molecular weight is 528 g/mol. The van der Waals surface area contributed by atoms with Gasteiger partial charge in [0.1, 0.15) is 11.7 Å². The van der Waals surface area contributed by atoms with Crippen LogP contribution in [0, 0.1) is 5.92 Å². The van der Waals surface area contributed by atoms with E-state index in [2.05, 4.69) is 20.7 Å². The summed E-state index contributed by atoms with van der Waals surface area (Å²) in [6.07, 6.45) is -4.39. The fraction of sp³-hybridized carbons (Fsp3) is 0.348. The highest BCUT2D eigenvalue weighted by Gasteiger charge is 2.48. The third kappa shape index (κ3) is 5.93. The fourth-order valence-electron chi connectivity index (χ4n) is 3.59. The summed E-state index contributed by atoms with van der Waals surface area (Å²) in [4.78, 5) is 39.9. The lowest BCUT2D eigenvalue weighted by molar-refractivity contribution is -0.274. The van der Waals surface area contributed by atoms with Gasteiger partial charge in [-0.1, -0.05) is 59.6 Å². The summed E-state index contributed by atoms with van der Waals surface area (Å²) in [5, 5.41) is 0. The Hall–Kier alpha value is -2.88. The first-order chi connectivity index (χ1) is 15.6. The van der Waals surface area contributed by atoms with Crippen molar-refractivity contribution in [3.63, 3.8) is 0 Å². The van der Waals surface area contributed by atoms with Gasteiger partial charge in [0, 0.05) is 10.0 Å². The van der Waals surface area contributed by atoms with E-state index in [1.54, 1.807) is 24.3 Å². The highest BCUT2D eigenvalue weighted by molar-refractivity contribution is 9.10. The lowest BCUT2D eigenvalue weighted by Gasteiger charge is -2.23. The number of carbonyl (C=O) groups excluding carboxylic acids is 3. The van der Waals surface area contributed by atoms with E-state index in [4.69, 9.17) is 4.74 Å². The van der Waals surface area contributed by atoms with Gasteiger partial charge in [-0.25, -0.2) is 9.69 Å². The number of amides is 2. The van der Waals surface area contributed by atoms with E-state index in [0.29, 0.717) is 22.0 Å². The van der Waals surface area contributed by atoms with Crippen molar-refractivity contribution in [2.45, 2.75) is 38.6 Å². The molecule has 0 N–H and O–H groups in total. The van der Waals surface area contributed by atoms with Gasteiger partial charge in [0.2, 0.25) is 5.91 Å². The smallest absolute Gasteiger partial charge is 0.449 e. The predicted molar refractivity (Wildman–Crippen MR) is 116 cm³/mol. The molecule has 1 heterocycles. The van der Waals surface area contributed by atoms with Crippen molar-refractivity contribution in [1.82, 2.24) is 4.90 Å². The summed E-state index contributed by atoms with van der Waals surface area (Å²) in [5.41, 5.74) is 0.678. The summed E-state index contributed by atoms with van der Waals surface area (Å²) in [6.45, 7) is 2.02. The van der Waals surface area contributed by atoms with Gasteiger partial charge in [-0.05, 0) is 36.6 Å². The number of ketones is 1. The highest BCUT2D eigenvalue weighted by Crippen LogP contribution is 2.40. The Bertz CT molecular complexity index is 1030. The van der Waals surface area contributed by atoms with Crippen molar-refractivity contribution >= 4 is 33.7 Å². The Morgan fingerprint density at radius 1 is 1.12 bits per heavy atom. The van der Waals surface area contributed by atoms with E-state index in [-0.39, 0.29) is 13.0 Å². The van der Waals surface area contributed by atoms with Gasteiger partial charge in [-0.2, -0.15) is 0 Å². The summed E-state index contributed by atoms with van der Waals surface area (Å²) < 4.78 is 47.0. The van der Waals surface area contributed by atoms with Gasteiger partial charge in [0.25, 0.3) is 0 Å². The number of unbranched alkanes of at least 4 members (excludes halogenated alkanes) is 1. The monoisotopic (exact) mass is 527 g/mol. The second-order valence-electron chi connectivity index (χ2n) is 7.44. The van der Waals surface area contributed by atoms with Crippen LogP contribution in [0.15, 0.2) is 53.0 Å². The summed E-state index contributed by atoms with van der Waals surface area (Å²) in [5.74, 6) is -2.75. The van der Waals surface area contributed by atoms with E-state index in [0.717, 1.165) is 23.5 Å². The quantitative estimate of drug-likeness (QED) is 0.248. The molecule has 0 radical (unpaired) electrons. The normalized spacial score (nSPS) is 18.3. The molecular weight excluding hydrogens is 507 g/mol. The maximum absolute atomic E-state index is 13.2. The third-order valence-corrected chi connectivity index (χ3v) is 5.87. The van der Waals surface area contributed by atoms with Crippen molar-refractivity contribution in [2.24, 2.45) is 5.92 Å². The standard InChI is InChI=1S/C23H21BrF3NO5/c1-2-3-12-32-22(31)28-19(14-8-10-15(11-9-14)33-23(25,26)27)13-17(21(28)30)20(29)16-6-4-5-7-18(16)24/h4-11,17,19H,2-3,12-13H2,1H3. The molecule has 0 spiro atoms. The molecule has 2 aromatic rings. The number of Topliss-reactive ketones (excluding diaryl/α,β-unsaturated/α-hetero) is 1. The van der Waals surface area contributed by atoms with Crippen molar-refractivity contribution in [3.8, 4) is 5.75 Å². The number of imide groups is 1. The molecule has 0 saturated carbocycles. The summed E-state index contributed by atoms with van der Waals surface area (Å²) >= 11 is 3.30. The zero-order valence-electron chi connectivity index (χ0n) is 17.6. The van der Waals surface area contributed by atoms with Crippen LogP contribution in [-0.4, -0.2) is 35.7 Å². The number of hydrogen-bond donors (Lipinski definition) is 0. The number of alkyl halides is 3. The first-order valence-electron chi connectivity index (χ1n) is 10.3. The van der Waals surface area contributed by atoms with Crippen molar-refractivity contribution < 1.29 is 37.0 Å². The largest absolute Gasteiger partial charge is 0.573 e. The van der Waals surface area contributed by atoms with Gasteiger partial charge in [0.05, 0.1) is 12.6 Å².